The molecule has 1 aromatic carbocycles. The Morgan fingerprint density at radius 1 is 1.16 bits per heavy atom. The second-order valence-electron chi connectivity index (χ2n) is 4.82. The smallest absolute Gasteiger partial charge is 0.308 e. The molecule has 1 aliphatic carbocycles. The molecule has 4 nitrogen and oxygen atoms in total. The fraction of sp³-hybridized carbons (Fsp3) is 0.429. The van der Waals surface area contributed by atoms with E-state index in [0.29, 0.717) is 12.0 Å². The topological polar surface area (TPSA) is 66.4 Å². The normalized spacial score (nSPS) is 22.8. The molecule has 0 saturated heterocycles. The van der Waals surface area contributed by atoms with Crippen LogP contribution < -0.4 is 5.32 Å². The van der Waals surface area contributed by atoms with E-state index >= 15 is 0 Å². The molecule has 102 valence electrons. The standard InChI is InChI=1S/C14H16BrNO3/c15-10-7-5-9(6-8-10)13(17)16-12-4-2-1-3-11(12)14(18)19/h5-8,11-12H,1-4H2,(H,16,17)(H,18,19). The van der Waals surface area contributed by atoms with Crippen molar-refractivity contribution >= 4 is 27.8 Å². The van der Waals surface area contributed by atoms with Crippen LogP contribution in [0, 0.1) is 5.92 Å². The summed E-state index contributed by atoms with van der Waals surface area (Å²) in [6.45, 7) is 0. The third kappa shape index (κ3) is 3.56. The minimum absolute atomic E-state index is 0.203. The number of nitrogens with one attached hydrogen (secondary N) is 1. The predicted molar refractivity (Wildman–Crippen MR) is 75.0 cm³/mol. The number of rotatable bonds is 3. The number of benzene rings is 1. The Labute approximate surface area is 120 Å². The van der Waals surface area contributed by atoms with E-state index in [1.165, 1.54) is 0 Å². The van der Waals surface area contributed by atoms with E-state index in [1.54, 1.807) is 24.3 Å². The molecule has 2 N–H and O–H groups in total. The Morgan fingerprint density at radius 3 is 2.42 bits per heavy atom. The highest BCUT2D eigenvalue weighted by Gasteiger charge is 2.31. The summed E-state index contributed by atoms with van der Waals surface area (Å²) in [5.41, 5.74) is 0.554. The van der Waals surface area contributed by atoms with Gasteiger partial charge < -0.3 is 10.4 Å². The molecule has 1 aromatic rings. The van der Waals surface area contributed by atoms with Gasteiger partial charge in [-0.05, 0) is 37.1 Å². The zero-order valence-electron chi connectivity index (χ0n) is 10.4. The summed E-state index contributed by atoms with van der Waals surface area (Å²) in [5, 5.41) is 12.0. The van der Waals surface area contributed by atoms with Gasteiger partial charge in [0.25, 0.3) is 5.91 Å². The van der Waals surface area contributed by atoms with Gasteiger partial charge in [-0.15, -0.1) is 0 Å². The SMILES string of the molecule is O=C(NC1CCCCC1C(=O)O)c1ccc(Br)cc1. The minimum Gasteiger partial charge on any atom is -0.481 e. The Hall–Kier alpha value is -1.36. The van der Waals surface area contributed by atoms with Gasteiger partial charge >= 0.3 is 5.97 Å². The van der Waals surface area contributed by atoms with Crippen LogP contribution in [0.15, 0.2) is 28.7 Å². The summed E-state index contributed by atoms with van der Waals surface area (Å²) in [4.78, 5) is 23.2. The van der Waals surface area contributed by atoms with Crippen molar-refractivity contribution in [1.29, 1.82) is 0 Å². The lowest BCUT2D eigenvalue weighted by molar-refractivity contribution is -0.143. The number of carboxylic acid groups (broad SMARTS) is 1. The summed E-state index contributed by atoms with van der Waals surface area (Å²) >= 11 is 3.31. The fourth-order valence-corrected chi connectivity index (χ4v) is 2.72. The molecule has 0 aromatic heterocycles. The fourth-order valence-electron chi connectivity index (χ4n) is 2.45. The van der Waals surface area contributed by atoms with E-state index < -0.39 is 11.9 Å². The summed E-state index contributed by atoms with van der Waals surface area (Å²) in [6.07, 6.45) is 3.26. The number of halogens is 1. The number of carbonyl (C=O) groups excluding carboxylic acids is 1. The lowest BCUT2D eigenvalue weighted by atomic mass is 9.84. The van der Waals surface area contributed by atoms with Crippen LogP contribution in [0.25, 0.3) is 0 Å². The summed E-state index contributed by atoms with van der Waals surface area (Å²) < 4.78 is 0.908. The minimum atomic E-state index is -0.819. The first-order valence-corrected chi connectivity index (χ1v) is 7.16. The average molecular weight is 326 g/mol. The van der Waals surface area contributed by atoms with Crippen LogP contribution in [-0.4, -0.2) is 23.0 Å². The van der Waals surface area contributed by atoms with Crippen molar-refractivity contribution in [1.82, 2.24) is 5.32 Å². The largest absolute Gasteiger partial charge is 0.481 e. The number of hydrogen-bond donors (Lipinski definition) is 2. The first-order chi connectivity index (χ1) is 9.08. The molecule has 0 bridgehead atoms. The number of aliphatic carboxylic acids is 1. The second-order valence-corrected chi connectivity index (χ2v) is 5.73. The number of carbonyl (C=O) groups is 2. The van der Waals surface area contributed by atoms with E-state index in [-0.39, 0.29) is 11.9 Å². The molecule has 1 amide bonds. The lowest BCUT2D eigenvalue weighted by Gasteiger charge is -2.29. The van der Waals surface area contributed by atoms with Crippen LogP contribution in [0.1, 0.15) is 36.0 Å². The molecule has 1 aliphatic rings. The second kappa shape index (κ2) is 6.19. The van der Waals surface area contributed by atoms with E-state index in [9.17, 15) is 14.7 Å². The van der Waals surface area contributed by atoms with Gasteiger partial charge in [0.15, 0.2) is 0 Å². The van der Waals surface area contributed by atoms with Crippen molar-refractivity contribution in [3.05, 3.63) is 34.3 Å². The predicted octanol–water partition coefficient (Wildman–Crippen LogP) is 2.82. The van der Waals surface area contributed by atoms with E-state index in [0.717, 1.165) is 23.7 Å². The van der Waals surface area contributed by atoms with Crippen LogP contribution in [0.3, 0.4) is 0 Å². The van der Waals surface area contributed by atoms with Crippen LogP contribution in [0.5, 0.6) is 0 Å². The van der Waals surface area contributed by atoms with Crippen LogP contribution in [0.2, 0.25) is 0 Å². The Kier molecular flexibility index (Phi) is 4.58. The molecule has 0 radical (unpaired) electrons. The summed E-state index contributed by atoms with van der Waals surface area (Å²) in [5.74, 6) is -1.49. The van der Waals surface area contributed by atoms with Crippen molar-refractivity contribution in [2.75, 3.05) is 0 Å². The number of amides is 1. The molecule has 1 fully saturated rings. The quantitative estimate of drug-likeness (QED) is 0.898. The molecule has 19 heavy (non-hydrogen) atoms. The Morgan fingerprint density at radius 2 is 1.79 bits per heavy atom. The number of hydrogen-bond acceptors (Lipinski definition) is 2. The van der Waals surface area contributed by atoms with Gasteiger partial charge in [0.05, 0.1) is 5.92 Å². The molecule has 2 unspecified atom stereocenters. The third-order valence-electron chi connectivity index (χ3n) is 3.51. The first kappa shape index (κ1) is 14.1. The maximum Gasteiger partial charge on any atom is 0.308 e. The zero-order chi connectivity index (χ0) is 13.8. The van der Waals surface area contributed by atoms with Crippen LogP contribution >= 0.6 is 15.9 Å². The van der Waals surface area contributed by atoms with Crippen molar-refractivity contribution in [2.45, 2.75) is 31.7 Å². The van der Waals surface area contributed by atoms with E-state index in [4.69, 9.17) is 0 Å². The maximum atomic E-state index is 12.1. The van der Waals surface area contributed by atoms with E-state index in [1.807, 2.05) is 0 Å². The van der Waals surface area contributed by atoms with Crippen molar-refractivity contribution in [3.8, 4) is 0 Å². The molecule has 2 atom stereocenters. The molecule has 1 saturated carbocycles. The van der Waals surface area contributed by atoms with Crippen molar-refractivity contribution in [3.63, 3.8) is 0 Å². The molecular formula is C14H16BrNO3. The van der Waals surface area contributed by atoms with Gasteiger partial charge in [0.2, 0.25) is 0 Å². The van der Waals surface area contributed by atoms with Gasteiger partial charge in [0, 0.05) is 16.1 Å². The highest BCUT2D eigenvalue weighted by atomic mass is 79.9. The van der Waals surface area contributed by atoms with Crippen molar-refractivity contribution in [2.24, 2.45) is 5.92 Å². The van der Waals surface area contributed by atoms with Gasteiger partial charge in [-0.3, -0.25) is 9.59 Å². The highest BCUT2D eigenvalue weighted by molar-refractivity contribution is 9.10. The Balaban J connectivity index is 2.04. The van der Waals surface area contributed by atoms with Crippen LogP contribution in [-0.2, 0) is 4.79 Å². The maximum absolute atomic E-state index is 12.1. The zero-order valence-corrected chi connectivity index (χ0v) is 12.0. The van der Waals surface area contributed by atoms with Crippen LogP contribution in [0.4, 0.5) is 0 Å². The van der Waals surface area contributed by atoms with Crippen molar-refractivity contribution < 1.29 is 14.7 Å². The first-order valence-electron chi connectivity index (χ1n) is 6.37. The molecule has 0 heterocycles. The average Bonchev–Trinajstić information content (AvgIpc) is 2.39. The molecule has 0 spiro atoms. The molecule has 0 aliphatic heterocycles. The van der Waals surface area contributed by atoms with Gasteiger partial charge in [0.1, 0.15) is 0 Å². The number of carboxylic acids is 1. The molecule has 5 heteroatoms. The van der Waals surface area contributed by atoms with Gasteiger partial charge in [-0.25, -0.2) is 0 Å². The lowest BCUT2D eigenvalue weighted by Crippen LogP contribution is -2.45. The Bertz CT molecular complexity index is 472. The third-order valence-corrected chi connectivity index (χ3v) is 4.03. The molecular weight excluding hydrogens is 310 g/mol. The highest BCUT2D eigenvalue weighted by Crippen LogP contribution is 2.25. The monoisotopic (exact) mass is 325 g/mol. The van der Waals surface area contributed by atoms with Gasteiger partial charge in [-0.1, -0.05) is 28.8 Å². The summed E-state index contributed by atoms with van der Waals surface area (Å²) in [6, 6.07) is 6.77. The van der Waals surface area contributed by atoms with Gasteiger partial charge in [-0.2, -0.15) is 0 Å². The molecule has 2 rings (SSSR count). The summed E-state index contributed by atoms with van der Waals surface area (Å²) in [7, 11) is 0. The van der Waals surface area contributed by atoms with E-state index in [2.05, 4.69) is 21.2 Å².